The first kappa shape index (κ1) is 20.7. The molecule has 0 bridgehead atoms. The number of phenolic OH excluding ortho intramolecular Hbond substituents is 1. The van der Waals surface area contributed by atoms with Crippen LogP contribution in [0.5, 0.6) is 5.75 Å². The van der Waals surface area contributed by atoms with Gasteiger partial charge in [-0.05, 0) is 60.8 Å². The van der Waals surface area contributed by atoms with E-state index in [2.05, 4.69) is 16.0 Å². The van der Waals surface area contributed by atoms with Gasteiger partial charge in [0.05, 0.1) is 6.61 Å². The number of carbonyl (C=O) groups is 1. The van der Waals surface area contributed by atoms with E-state index in [1.165, 1.54) is 12.1 Å². The molecule has 0 heterocycles. The van der Waals surface area contributed by atoms with Crippen molar-refractivity contribution < 1.29 is 19.4 Å². The van der Waals surface area contributed by atoms with Crippen LogP contribution >= 0.6 is 0 Å². The fourth-order valence-corrected chi connectivity index (χ4v) is 2.77. The van der Waals surface area contributed by atoms with Gasteiger partial charge in [0.15, 0.2) is 0 Å². The molecular weight excluding hydrogens is 349 g/mol. The summed E-state index contributed by atoms with van der Waals surface area (Å²) < 4.78 is 13.2. The predicted molar refractivity (Wildman–Crippen MR) is 102 cm³/mol. The van der Waals surface area contributed by atoms with Gasteiger partial charge in [-0.1, -0.05) is 18.2 Å². The minimum atomic E-state index is -0.389. The number of aliphatic hydroxyl groups is 1. The van der Waals surface area contributed by atoms with E-state index in [1.807, 2.05) is 19.2 Å². The summed E-state index contributed by atoms with van der Waals surface area (Å²) in [6.45, 7) is 0.592. The zero-order valence-electron chi connectivity index (χ0n) is 15.3. The topological polar surface area (TPSA) is 93.6 Å². The van der Waals surface area contributed by atoms with Crippen LogP contribution in [-0.2, 0) is 19.4 Å². The number of urea groups is 1. The molecule has 0 fully saturated rings. The van der Waals surface area contributed by atoms with Gasteiger partial charge in [0.2, 0.25) is 0 Å². The highest BCUT2D eigenvalue weighted by molar-refractivity contribution is 5.73. The fraction of sp³-hybridized carbons (Fsp3) is 0.350. The summed E-state index contributed by atoms with van der Waals surface area (Å²) >= 11 is 0. The largest absolute Gasteiger partial charge is 0.508 e. The first-order valence-corrected chi connectivity index (χ1v) is 8.87. The molecule has 7 heteroatoms. The van der Waals surface area contributed by atoms with Crippen molar-refractivity contribution in [2.24, 2.45) is 0 Å². The maximum Gasteiger partial charge on any atom is 0.314 e. The number of halogens is 1. The van der Waals surface area contributed by atoms with Crippen LogP contribution in [0.25, 0.3) is 0 Å². The smallest absolute Gasteiger partial charge is 0.314 e. The number of amides is 2. The molecule has 0 saturated heterocycles. The molecule has 0 unspecified atom stereocenters. The highest BCUT2D eigenvalue weighted by Gasteiger charge is 2.10. The molecule has 0 saturated carbocycles. The van der Waals surface area contributed by atoms with Gasteiger partial charge in [-0.3, -0.25) is 0 Å². The number of phenols is 1. The Kier molecular flexibility index (Phi) is 8.03. The number of benzene rings is 2. The Labute approximate surface area is 158 Å². The maximum absolute atomic E-state index is 13.2. The van der Waals surface area contributed by atoms with E-state index in [1.54, 1.807) is 18.2 Å². The summed E-state index contributed by atoms with van der Waals surface area (Å²) in [5, 5.41) is 27.3. The van der Waals surface area contributed by atoms with Gasteiger partial charge in [0, 0.05) is 19.1 Å². The number of hydrogen-bond acceptors (Lipinski definition) is 4. The van der Waals surface area contributed by atoms with Crippen LogP contribution in [0, 0.1) is 5.82 Å². The van der Waals surface area contributed by atoms with Gasteiger partial charge < -0.3 is 26.2 Å². The Morgan fingerprint density at radius 3 is 2.52 bits per heavy atom. The van der Waals surface area contributed by atoms with E-state index < -0.39 is 0 Å². The summed E-state index contributed by atoms with van der Waals surface area (Å²) in [6.07, 6.45) is 1.22. The molecule has 0 aromatic heterocycles. The molecule has 2 amide bonds. The quantitative estimate of drug-likeness (QED) is 0.461. The van der Waals surface area contributed by atoms with Crippen LogP contribution in [0.15, 0.2) is 42.5 Å². The van der Waals surface area contributed by atoms with Crippen molar-refractivity contribution in [3.05, 3.63) is 65.0 Å². The van der Waals surface area contributed by atoms with Gasteiger partial charge in [-0.25, -0.2) is 9.18 Å². The highest BCUT2D eigenvalue weighted by atomic mass is 19.1. The van der Waals surface area contributed by atoms with Gasteiger partial charge in [0.1, 0.15) is 11.6 Å². The third-order valence-corrected chi connectivity index (χ3v) is 4.35. The lowest BCUT2D eigenvalue weighted by atomic mass is 10.0. The van der Waals surface area contributed by atoms with Crippen molar-refractivity contribution in [1.29, 1.82) is 0 Å². The average Bonchev–Trinajstić information content (AvgIpc) is 2.67. The van der Waals surface area contributed by atoms with E-state index in [4.69, 9.17) is 0 Å². The first-order valence-electron chi connectivity index (χ1n) is 8.87. The second kappa shape index (κ2) is 10.5. The minimum absolute atomic E-state index is 0.0541. The molecule has 6 nitrogen and oxygen atoms in total. The second-order valence-electron chi connectivity index (χ2n) is 6.31. The number of nitrogens with one attached hydrogen (secondary N) is 3. The van der Waals surface area contributed by atoms with Crippen molar-refractivity contribution in [3.63, 3.8) is 0 Å². The molecule has 0 aliphatic rings. The Balaban J connectivity index is 1.74. The molecule has 146 valence electrons. The minimum Gasteiger partial charge on any atom is -0.508 e. The average molecular weight is 375 g/mol. The van der Waals surface area contributed by atoms with E-state index in [0.717, 1.165) is 11.1 Å². The van der Waals surface area contributed by atoms with Gasteiger partial charge >= 0.3 is 6.03 Å². The molecule has 0 aliphatic heterocycles. The van der Waals surface area contributed by atoms with Crippen LogP contribution in [0.3, 0.4) is 0 Å². The number of likely N-dealkylation sites (N-methyl/N-ethyl adjacent to an activating group) is 1. The Hall–Kier alpha value is -2.64. The van der Waals surface area contributed by atoms with Gasteiger partial charge in [-0.2, -0.15) is 0 Å². The fourth-order valence-electron chi connectivity index (χ4n) is 2.77. The van der Waals surface area contributed by atoms with E-state index in [-0.39, 0.29) is 30.2 Å². The monoisotopic (exact) mass is 375 g/mol. The Bertz CT molecular complexity index is 738. The van der Waals surface area contributed by atoms with Gasteiger partial charge in [-0.15, -0.1) is 0 Å². The molecule has 2 aromatic carbocycles. The number of hydrogen-bond donors (Lipinski definition) is 5. The van der Waals surface area contributed by atoms with Crippen molar-refractivity contribution in [1.82, 2.24) is 16.0 Å². The molecule has 2 aromatic rings. The van der Waals surface area contributed by atoms with Crippen molar-refractivity contribution in [2.75, 3.05) is 20.1 Å². The Morgan fingerprint density at radius 1 is 1.11 bits per heavy atom. The molecule has 0 spiro atoms. The first-order chi connectivity index (χ1) is 13.0. The summed E-state index contributed by atoms with van der Waals surface area (Å²) in [5.41, 5.74) is 2.39. The summed E-state index contributed by atoms with van der Waals surface area (Å²) in [6, 6.07) is 11.0. The van der Waals surface area contributed by atoms with Crippen LogP contribution in [0.2, 0.25) is 0 Å². The molecule has 0 aliphatic carbocycles. The lowest BCUT2D eigenvalue weighted by Gasteiger charge is -2.17. The van der Waals surface area contributed by atoms with Gasteiger partial charge in [0.25, 0.3) is 0 Å². The maximum atomic E-state index is 13.2. The lowest BCUT2D eigenvalue weighted by molar-refractivity contribution is 0.239. The second-order valence-corrected chi connectivity index (χ2v) is 6.31. The summed E-state index contributed by atoms with van der Waals surface area (Å²) in [5.74, 6) is -0.164. The van der Waals surface area contributed by atoms with Crippen LogP contribution in [0.1, 0.15) is 16.7 Å². The molecule has 1 atom stereocenters. The van der Waals surface area contributed by atoms with Crippen LogP contribution in [-0.4, -0.2) is 42.4 Å². The Morgan fingerprint density at radius 2 is 1.85 bits per heavy atom. The van der Waals surface area contributed by atoms with Crippen molar-refractivity contribution in [3.8, 4) is 5.75 Å². The third-order valence-electron chi connectivity index (χ3n) is 4.35. The van der Waals surface area contributed by atoms with E-state index >= 15 is 0 Å². The zero-order chi connectivity index (χ0) is 19.6. The zero-order valence-corrected chi connectivity index (χ0v) is 15.3. The number of aliphatic hydroxyl groups excluding tert-OH is 1. The molecule has 0 radical (unpaired) electrons. The van der Waals surface area contributed by atoms with Crippen LogP contribution in [0.4, 0.5) is 9.18 Å². The lowest BCUT2D eigenvalue weighted by Crippen LogP contribution is -2.44. The summed E-state index contributed by atoms with van der Waals surface area (Å²) in [4.78, 5) is 12.0. The SMILES string of the molecule is CN[C@H](CNC(=O)NCCc1ccc(F)cc1CO)Cc1ccc(O)cc1. The number of carbonyl (C=O) groups excluding carboxylic acids is 1. The molecule has 5 N–H and O–H groups in total. The van der Waals surface area contributed by atoms with E-state index in [9.17, 15) is 19.4 Å². The van der Waals surface area contributed by atoms with Crippen molar-refractivity contribution in [2.45, 2.75) is 25.5 Å². The van der Waals surface area contributed by atoms with E-state index in [0.29, 0.717) is 31.5 Å². The van der Waals surface area contributed by atoms with Crippen molar-refractivity contribution >= 4 is 6.03 Å². The van der Waals surface area contributed by atoms with Crippen LogP contribution < -0.4 is 16.0 Å². The molecular formula is C20H26FN3O3. The third kappa shape index (κ3) is 6.88. The number of aromatic hydroxyl groups is 1. The summed E-state index contributed by atoms with van der Waals surface area (Å²) in [7, 11) is 1.83. The number of rotatable bonds is 9. The normalized spacial score (nSPS) is 11.8. The predicted octanol–water partition coefficient (Wildman–Crippen LogP) is 1.70. The molecule has 27 heavy (non-hydrogen) atoms. The standard InChI is InChI=1S/C20H26FN3O3/c1-22-18(10-14-2-6-19(26)7-3-14)12-24-20(27)23-9-8-15-4-5-17(21)11-16(15)13-25/h2-7,11,18,22,25-26H,8-10,12-13H2,1H3,(H2,23,24,27)/t18-/m0/s1. The highest BCUT2D eigenvalue weighted by Crippen LogP contribution is 2.12. The molecule has 2 rings (SSSR count).